The molecule has 0 amide bonds. The highest BCUT2D eigenvalue weighted by Gasteiger charge is 2.29. The Morgan fingerprint density at radius 3 is 2.46 bits per heavy atom. The zero-order valence-electron chi connectivity index (χ0n) is 15.8. The second-order valence-electron chi connectivity index (χ2n) is 7.87. The van der Waals surface area contributed by atoms with E-state index in [1.54, 1.807) is 0 Å². The monoisotopic (exact) mass is 430 g/mol. The number of piperazine rings is 1. The van der Waals surface area contributed by atoms with Crippen LogP contribution in [-0.4, -0.2) is 43.0 Å². The first-order valence-corrected chi connectivity index (χ1v) is 11.1. The van der Waals surface area contributed by atoms with Gasteiger partial charge in [0.1, 0.15) is 0 Å². The van der Waals surface area contributed by atoms with Crippen LogP contribution in [0, 0.1) is 0 Å². The number of benzene rings is 2. The largest absolute Gasteiger partial charge is 0.304 e. The molecule has 0 bridgehead atoms. The van der Waals surface area contributed by atoms with Gasteiger partial charge >= 0.3 is 0 Å². The summed E-state index contributed by atoms with van der Waals surface area (Å²) in [6.45, 7) is 9.22. The van der Waals surface area contributed by atoms with Crippen molar-refractivity contribution in [2.45, 2.75) is 42.0 Å². The van der Waals surface area contributed by atoms with E-state index in [-0.39, 0.29) is 0 Å². The van der Waals surface area contributed by atoms with E-state index in [1.165, 1.54) is 31.0 Å². The number of likely N-dealkylation sites (N-methyl/N-ethyl adjacent to an activating group) is 1. The van der Waals surface area contributed by atoms with Gasteiger partial charge in [-0.25, -0.2) is 0 Å². The summed E-state index contributed by atoms with van der Waals surface area (Å²) < 4.78 is 1.18. The molecule has 2 nitrogen and oxygen atoms in total. The van der Waals surface area contributed by atoms with Gasteiger partial charge in [0, 0.05) is 46.5 Å². The second kappa shape index (κ2) is 7.67. The van der Waals surface area contributed by atoms with Crippen molar-refractivity contribution in [2.24, 2.45) is 0 Å². The second-order valence-corrected chi connectivity index (χ2v) is 9.86. The Bertz CT molecular complexity index is 797. The molecule has 2 aliphatic heterocycles. The predicted octanol–water partition coefficient (Wildman–Crippen LogP) is 5.57. The fourth-order valence-corrected chi connectivity index (χ4v) is 5.49. The topological polar surface area (TPSA) is 6.48 Å². The third kappa shape index (κ3) is 3.75. The van der Waals surface area contributed by atoms with E-state index in [9.17, 15) is 0 Å². The molecule has 0 spiro atoms. The van der Waals surface area contributed by atoms with Crippen LogP contribution in [0.2, 0.25) is 0 Å². The van der Waals surface area contributed by atoms with Gasteiger partial charge in [0.2, 0.25) is 0 Å². The van der Waals surface area contributed by atoms with Crippen molar-refractivity contribution in [3.05, 3.63) is 57.6 Å². The summed E-state index contributed by atoms with van der Waals surface area (Å²) in [5.41, 5.74) is 4.45. The van der Waals surface area contributed by atoms with E-state index in [0.29, 0.717) is 12.0 Å². The van der Waals surface area contributed by atoms with Crippen molar-refractivity contribution >= 4 is 27.7 Å². The average molecular weight is 431 g/mol. The van der Waals surface area contributed by atoms with Crippen LogP contribution in [0.1, 0.15) is 42.5 Å². The molecule has 1 saturated heterocycles. The molecule has 1 fully saturated rings. The lowest BCUT2D eigenvalue weighted by atomic mass is 9.93. The summed E-state index contributed by atoms with van der Waals surface area (Å²) >= 11 is 5.62. The van der Waals surface area contributed by atoms with Gasteiger partial charge in [0.05, 0.1) is 0 Å². The van der Waals surface area contributed by atoms with Crippen LogP contribution in [0.4, 0.5) is 0 Å². The van der Waals surface area contributed by atoms with Gasteiger partial charge in [-0.2, -0.15) is 0 Å². The van der Waals surface area contributed by atoms with Gasteiger partial charge in [-0.05, 0) is 60.3 Å². The highest BCUT2D eigenvalue weighted by Crippen LogP contribution is 2.44. The van der Waals surface area contributed by atoms with Gasteiger partial charge < -0.3 is 4.90 Å². The van der Waals surface area contributed by atoms with Crippen molar-refractivity contribution in [1.29, 1.82) is 0 Å². The number of hydrogen-bond donors (Lipinski definition) is 0. The molecule has 2 aromatic rings. The first-order chi connectivity index (χ1) is 12.5. The first kappa shape index (κ1) is 18.5. The van der Waals surface area contributed by atoms with Crippen LogP contribution in [0.3, 0.4) is 0 Å². The van der Waals surface area contributed by atoms with E-state index < -0.39 is 0 Å². The summed E-state index contributed by atoms with van der Waals surface area (Å²) in [4.78, 5) is 7.99. The van der Waals surface area contributed by atoms with Crippen LogP contribution in [0.25, 0.3) is 0 Å². The fraction of sp³-hybridized carbons (Fsp3) is 0.455. The Labute approximate surface area is 170 Å². The highest BCUT2D eigenvalue weighted by atomic mass is 79.9. The summed E-state index contributed by atoms with van der Waals surface area (Å²) in [5.74, 6) is 0.568. The summed E-state index contributed by atoms with van der Waals surface area (Å²) in [7, 11) is 2.23. The smallest absolute Gasteiger partial charge is 0.0401 e. The van der Waals surface area contributed by atoms with E-state index >= 15 is 0 Å². The highest BCUT2D eigenvalue weighted by molar-refractivity contribution is 9.10. The molecule has 26 heavy (non-hydrogen) atoms. The average Bonchev–Trinajstić information content (AvgIpc) is 2.78. The molecule has 0 saturated carbocycles. The Hall–Kier alpha value is -0.810. The number of hydrogen-bond acceptors (Lipinski definition) is 3. The molecule has 0 aromatic heterocycles. The molecule has 2 aromatic carbocycles. The van der Waals surface area contributed by atoms with Crippen LogP contribution in [0.5, 0.6) is 0 Å². The van der Waals surface area contributed by atoms with E-state index in [1.807, 2.05) is 11.8 Å². The minimum atomic E-state index is 0.473. The summed E-state index contributed by atoms with van der Waals surface area (Å²) in [5, 5.41) is 0. The Morgan fingerprint density at radius 1 is 1.00 bits per heavy atom. The Balaban J connectivity index is 1.78. The molecule has 138 valence electrons. The van der Waals surface area contributed by atoms with Crippen molar-refractivity contribution in [3.8, 4) is 0 Å². The molecule has 1 atom stereocenters. The van der Waals surface area contributed by atoms with E-state index in [2.05, 4.69) is 83.0 Å². The van der Waals surface area contributed by atoms with Gasteiger partial charge in [0.25, 0.3) is 0 Å². The molecular formula is C22H27BrN2S. The van der Waals surface area contributed by atoms with Crippen molar-refractivity contribution < 1.29 is 0 Å². The zero-order valence-corrected chi connectivity index (χ0v) is 18.2. The standard InChI is InChI=1S/C22H27BrN2S/c1-15(2)16-4-6-22-19(13-16)20(25-10-8-24(3)9-11-25)14-17-12-18(23)5-7-21(17)26-22/h4-7,12-13,15,20H,8-11,14H2,1-3H3/t20-/m0/s1. The minimum Gasteiger partial charge on any atom is -0.304 e. The number of halogens is 1. The molecule has 0 aliphatic carbocycles. The van der Waals surface area contributed by atoms with E-state index in [0.717, 1.165) is 32.6 Å². The molecule has 4 rings (SSSR count). The minimum absolute atomic E-state index is 0.473. The lowest BCUT2D eigenvalue weighted by Crippen LogP contribution is -2.46. The van der Waals surface area contributed by atoms with Gasteiger partial charge in [-0.15, -0.1) is 0 Å². The van der Waals surface area contributed by atoms with Crippen LogP contribution >= 0.6 is 27.7 Å². The van der Waals surface area contributed by atoms with Crippen molar-refractivity contribution in [2.75, 3.05) is 33.2 Å². The molecule has 0 N–H and O–H groups in total. The lowest BCUT2D eigenvalue weighted by Gasteiger charge is -2.38. The maximum absolute atomic E-state index is 3.68. The molecule has 0 radical (unpaired) electrons. The number of fused-ring (bicyclic) bond motifs is 2. The molecule has 4 heteroatoms. The fourth-order valence-electron chi connectivity index (χ4n) is 3.98. The van der Waals surface area contributed by atoms with Gasteiger partial charge in [0.15, 0.2) is 0 Å². The molecule has 2 heterocycles. The quantitative estimate of drug-likeness (QED) is 0.614. The zero-order chi connectivity index (χ0) is 18.3. The Morgan fingerprint density at radius 2 is 1.73 bits per heavy atom. The third-order valence-corrected chi connectivity index (χ3v) is 7.40. The third-order valence-electron chi connectivity index (χ3n) is 5.69. The summed E-state index contributed by atoms with van der Waals surface area (Å²) in [6, 6.07) is 14.4. The van der Waals surface area contributed by atoms with Crippen LogP contribution in [0.15, 0.2) is 50.7 Å². The van der Waals surface area contributed by atoms with Crippen molar-refractivity contribution in [1.82, 2.24) is 9.80 Å². The first-order valence-electron chi connectivity index (χ1n) is 9.54. The summed E-state index contributed by atoms with van der Waals surface area (Å²) in [6.07, 6.45) is 1.10. The normalized spacial score (nSPS) is 21.3. The van der Waals surface area contributed by atoms with Gasteiger partial charge in [-0.3, -0.25) is 4.90 Å². The van der Waals surface area contributed by atoms with Gasteiger partial charge in [-0.1, -0.05) is 53.7 Å². The maximum Gasteiger partial charge on any atom is 0.0401 e. The van der Waals surface area contributed by atoms with Crippen LogP contribution < -0.4 is 0 Å². The van der Waals surface area contributed by atoms with E-state index in [4.69, 9.17) is 0 Å². The molecule has 0 unspecified atom stereocenters. The van der Waals surface area contributed by atoms with Crippen molar-refractivity contribution in [3.63, 3.8) is 0 Å². The Kier molecular flexibility index (Phi) is 5.47. The van der Waals surface area contributed by atoms with Crippen LogP contribution in [-0.2, 0) is 6.42 Å². The lowest BCUT2D eigenvalue weighted by molar-refractivity contribution is 0.110. The SMILES string of the molecule is CC(C)c1ccc2c(c1)[C@@H](N1CCN(C)CC1)Cc1cc(Br)ccc1S2. The number of rotatable bonds is 2. The molecular weight excluding hydrogens is 404 g/mol. The number of nitrogens with zero attached hydrogens (tertiary/aromatic N) is 2. The molecule has 2 aliphatic rings. The predicted molar refractivity (Wildman–Crippen MR) is 114 cm³/mol. The maximum atomic E-state index is 3.68.